The number of amides is 2. The average molecular weight is 383 g/mol. The van der Waals surface area contributed by atoms with Crippen molar-refractivity contribution < 1.29 is 18.7 Å². The van der Waals surface area contributed by atoms with Crippen molar-refractivity contribution in [1.82, 2.24) is 9.80 Å². The van der Waals surface area contributed by atoms with E-state index >= 15 is 0 Å². The zero-order chi connectivity index (χ0) is 19.4. The van der Waals surface area contributed by atoms with Crippen LogP contribution in [0.4, 0.5) is 4.39 Å². The molecule has 0 N–H and O–H groups in total. The molecule has 6 heteroatoms. The lowest BCUT2D eigenvalue weighted by molar-refractivity contribution is -0.148. The topological polar surface area (TPSA) is 49.9 Å². The predicted molar refractivity (Wildman–Crippen MR) is 102 cm³/mol. The van der Waals surface area contributed by atoms with Gasteiger partial charge in [0.2, 0.25) is 11.8 Å². The summed E-state index contributed by atoms with van der Waals surface area (Å²) in [6.45, 7) is 6.26. The molecule has 3 fully saturated rings. The molecule has 1 unspecified atom stereocenters. The van der Waals surface area contributed by atoms with E-state index in [9.17, 15) is 14.0 Å². The van der Waals surface area contributed by atoms with E-state index in [1.807, 2.05) is 16.7 Å². The lowest BCUT2D eigenvalue weighted by Crippen LogP contribution is -2.50. The molecule has 3 rings (SSSR count). The van der Waals surface area contributed by atoms with E-state index in [1.54, 1.807) is 0 Å². The van der Waals surface area contributed by atoms with Crippen molar-refractivity contribution in [3.63, 3.8) is 0 Å². The number of carbonyl (C=O) groups is 2. The first kappa shape index (κ1) is 20.6. The number of alkyl halides is 1. The summed E-state index contributed by atoms with van der Waals surface area (Å²) in [5, 5.41) is 0. The van der Waals surface area contributed by atoms with Crippen LogP contribution in [0.25, 0.3) is 0 Å². The molecule has 0 aromatic rings. The molecule has 2 aliphatic heterocycles. The van der Waals surface area contributed by atoms with Gasteiger partial charge >= 0.3 is 0 Å². The molecule has 3 aliphatic rings. The second-order valence-electron chi connectivity index (χ2n) is 8.48. The van der Waals surface area contributed by atoms with Gasteiger partial charge in [0, 0.05) is 32.3 Å². The van der Waals surface area contributed by atoms with Crippen LogP contribution < -0.4 is 0 Å². The summed E-state index contributed by atoms with van der Waals surface area (Å²) in [5.74, 6) is 0.188. The number of carbonyl (C=O) groups excluding carboxylic acids is 2. The molecule has 5 nitrogen and oxygen atoms in total. The Morgan fingerprint density at radius 3 is 2.52 bits per heavy atom. The Morgan fingerprint density at radius 1 is 1.15 bits per heavy atom. The molecule has 2 saturated heterocycles. The normalized spacial score (nSPS) is 30.5. The monoisotopic (exact) mass is 382 g/mol. The quantitative estimate of drug-likeness (QED) is 0.709. The van der Waals surface area contributed by atoms with E-state index in [1.165, 1.54) is 0 Å². The molecule has 0 aromatic carbocycles. The highest BCUT2D eigenvalue weighted by Crippen LogP contribution is 2.43. The second kappa shape index (κ2) is 8.89. The van der Waals surface area contributed by atoms with E-state index in [-0.39, 0.29) is 29.9 Å². The maximum Gasteiger partial charge on any atom is 0.231 e. The summed E-state index contributed by atoms with van der Waals surface area (Å²) in [6, 6.07) is 0.168. The molecule has 1 saturated carbocycles. The number of halogens is 1. The van der Waals surface area contributed by atoms with Crippen molar-refractivity contribution >= 4 is 11.8 Å². The molecule has 2 heterocycles. The Bertz CT molecular complexity index is 532. The van der Waals surface area contributed by atoms with E-state index in [4.69, 9.17) is 4.74 Å². The largest absolute Gasteiger partial charge is 0.377 e. The summed E-state index contributed by atoms with van der Waals surface area (Å²) in [5.41, 5.74) is -0.740. The van der Waals surface area contributed by atoms with Crippen LogP contribution in [0.5, 0.6) is 0 Å². The smallest absolute Gasteiger partial charge is 0.231 e. The van der Waals surface area contributed by atoms with Gasteiger partial charge in [-0.1, -0.05) is 13.3 Å². The van der Waals surface area contributed by atoms with Gasteiger partial charge < -0.3 is 14.5 Å². The lowest BCUT2D eigenvalue weighted by atomic mass is 9.68. The van der Waals surface area contributed by atoms with Gasteiger partial charge in [-0.3, -0.25) is 9.59 Å². The van der Waals surface area contributed by atoms with Crippen LogP contribution in [-0.2, 0) is 14.3 Å². The van der Waals surface area contributed by atoms with Crippen molar-refractivity contribution in [1.29, 1.82) is 0 Å². The zero-order valence-electron chi connectivity index (χ0n) is 16.9. The van der Waals surface area contributed by atoms with Gasteiger partial charge in [-0.05, 0) is 51.9 Å². The van der Waals surface area contributed by atoms with E-state index in [0.29, 0.717) is 39.1 Å². The molecule has 3 atom stereocenters. The summed E-state index contributed by atoms with van der Waals surface area (Å²) >= 11 is 0. The molecule has 0 spiro atoms. The number of hydrogen-bond acceptors (Lipinski definition) is 3. The minimum Gasteiger partial charge on any atom is -0.377 e. The first-order valence-corrected chi connectivity index (χ1v) is 10.8. The number of likely N-dealkylation sites (tertiary alicyclic amines) is 1. The molecule has 27 heavy (non-hydrogen) atoms. The molecule has 0 bridgehead atoms. The van der Waals surface area contributed by atoms with Gasteiger partial charge in [0.15, 0.2) is 0 Å². The van der Waals surface area contributed by atoms with Gasteiger partial charge in [-0.15, -0.1) is 0 Å². The Hall–Kier alpha value is -1.17. The van der Waals surface area contributed by atoms with Crippen LogP contribution in [0, 0.1) is 11.3 Å². The third kappa shape index (κ3) is 4.01. The highest BCUT2D eigenvalue weighted by atomic mass is 19.1. The third-order valence-electron chi connectivity index (χ3n) is 7.00. The maximum atomic E-state index is 13.5. The summed E-state index contributed by atoms with van der Waals surface area (Å²) in [6.07, 6.45) is 6.61. The van der Waals surface area contributed by atoms with Crippen molar-refractivity contribution in [2.24, 2.45) is 11.3 Å². The Balaban J connectivity index is 1.62. The first-order chi connectivity index (χ1) is 13.1. The maximum absolute atomic E-state index is 13.5. The Morgan fingerprint density at radius 2 is 1.93 bits per heavy atom. The predicted octanol–water partition coefficient (Wildman–Crippen LogP) is 3.17. The molecule has 154 valence electrons. The second-order valence-corrected chi connectivity index (χ2v) is 8.48. The number of rotatable bonds is 6. The summed E-state index contributed by atoms with van der Waals surface area (Å²) < 4.78 is 19.2. The number of ether oxygens (including phenoxy) is 1. The SMILES string of the molecule is CC[C@@H]1OCC[C@H]1C(=O)N(CC)C1CCCN(C(=O)C2(CF)CCC2)CC1. The number of nitrogens with zero attached hydrogens (tertiary/aromatic N) is 2. The van der Waals surface area contributed by atoms with Crippen molar-refractivity contribution in [2.75, 3.05) is 32.9 Å². The van der Waals surface area contributed by atoms with E-state index in [2.05, 4.69) is 6.92 Å². The highest BCUT2D eigenvalue weighted by Gasteiger charge is 2.47. The summed E-state index contributed by atoms with van der Waals surface area (Å²) in [4.78, 5) is 29.9. The van der Waals surface area contributed by atoms with Crippen molar-refractivity contribution in [3.8, 4) is 0 Å². The average Bonchev–Trinajstić information content (AvgIpc) is 2.99. The van der Waals surface area contributed by atoms with Gasteiger partial charge in [0.1, 0.15) is 6.67 Å². The van der Waals surface area contributed by atoms with Crippen LogP contribution in [0.3, 0.4) is 0 Å². The fourth-order valence-electron chi connectivity index (χ4n) is 5.08. The van der Waals surface area contributed by atoms with Crippen LogP contribution in [-0.4, -0.2) is 66.7 Å². The fraction of sp³-hybridized carbons (Fsp3) is 0.905. The minimum atomic E-state index is -0.740. The number of hydrogen-bond donors (Lipinski definition) is 0. The van der Waals surface area contributed by atoms with Crippen LogP contribution in [0.2, 0.25) is 0 Å². The van der Waals surface area contributed by atoms with Crippen molar-refractivity contribution in [3.05, 3.63) is 0 Å². The molecular formula is C21H35FN2O3. The van der Waals surface area contributed by atoms with Gasteiger partial charge in [0.25, 0.3) is 0 Å². The molecular weight excluding hydrogens is 347 g/mol. The van der Waals surface area contributed by atoms with Gasteiger partial charge in [-0.25, -0.2) is 4.39 Å². The first-order valence-electron chi connectivity index (χ1n) is 10.8. The molecule has 0 radical (unpaired) electrons. The van der Waals surface area contributed by atoms with Crippen LogP contribution >= 0.6 is 0 Å². The zero-order valence-corrected chi connectivity index (χ0v) is 16.9. The minimum absolute atomic E-state index is 0.00140. The van der Waals surface area contributed by atoms with Gasteiger partial charge in [0.05, 0.1) is 17.4 Å². The summed E-state index contributed by atoms with van der Waals surface area (Å²) in [7, 11) is 0. The fourth-order valence-corrected chi connectivity index (χ4v) is 5.08. The molecule has 0 aromatic heterocycles. The van der Waals surface area contributed by atoms with E-state index in [0.717, 1.165) is 38.5 Å². The molecule has 1 aliphatic carbocycles. The van der Waals surface area contributed by atoms with Crippen LogP contribution in [0.15, 0.2) is 0 Å². The van der Waals surface area contributed by atoms with Gasteiger partial charge in [-0.2, -0.15) is 0 Å². The Labute approximate surface area is 162 Å². The Kier molecular flexibility index (Phi) is 6.77. The lowest BCUT2D eigenvalue weighted by Gasteiger charge is -2.41. The highest BCUT2D eigenvalue weighted by molar-refractivity contribution is 5.84. The third-order valence-corrected chi connectivity index (χ3v) is 7.00. The van der Waals surface area contributed by atoms with E-state index < -0.39 is 12.1 Å². The standard InChI is InChI=1S/C21H35FN2O3/c1-3-18-17(9-14-27-18)19(25)24(4-2)16-7-5-12-23(13-8-16)20(26)21(15-22)10-6-11-21/h16-18H,3-15H2,1-2H3/t16?,17-,18+/m1/s1. The van der Waals surface area contributed by atoms with Crippen LogP contribution in [0.1, 0.15) is 65.2 Å². The van der Waals surface area contributed by atoms with Crippen molar-refractivity contribution in [2.45, 2.75) is 77.4 Å². The molecule has 2 amide bonds.